The van der Waals surface area contributed by atoms with E-state index < -0.39 is 12.2 Å². The topological polar surface area (TPSA) is 105 Å². The van der Waals surface area contributed by atoms with Crippen molar-refractivity contribution in [1.29, 1.82) is 0 Å². The predicted octanol–water partition coefficient (Wildman–Crippen LogP) is -0.825. The fraction of sp³-hybridized carbons (Fsp3) is 0.417. The van der Waals surface area contributed by atoms with Crippen molar-refractivity contribution in [3.05, 3.63) is 17.7 Å². The molecule has 0 aliphatic carbocycles. The summed E-state index contributed by atoms with van der Waals surface area (Å²) in [4.78, 5) is 13.7. The average Bonchev–Trinajstić information content (AvgIpc) is 2.94. The Kier molecular flexibility index (Phi) is 2.72. The summed E-state index contributed by atoms with van der Waals surface area (Å²) in [6.45, 7) is 0.287. The van der Waals surface area contributed by atoms with Crippen molar-refractivity contribution in [3.8, 4) is 11.5 Å². The van der Waals surface area contributed by atoms with Gasteiger partial charge in [0.25, 0.3) is 5.91 Å². The number of carbonyl (C=O) groups excluding carboxylic acids is 1. The minimum absolute atomic E-state index is 0.0912. The van der Waals surface area contributed by atoms with Crippen molar-refractivity contribution in [1.82, 2.24) is 4.90 Å². The van der Waals surface area contributed by atoms with Gasteiger partial charge in [0.2, 0.25) is 6.79 Å². The SMILES string of the molecule is Nc1cc2c(cc1C(=O)N1CC(O)C(O)C1)OCO2. The van der Waals surface area contributed by atoms with Crippen molar-refractivity contribution in [2.45, 2.75) is 12.2 Å². The Morgan fingerprint density at radius 2 is 1.79 bits per heavy atom. The second-order valence-electron chi connectivity index (χ2n) is 4.64. The lowest BCUT2D eigenvalue weighted by Gasteiger charge is -2.16. The van der Waals surface area contributed by atoms with Crippen LogP contribution >= 0.6 is 0 Å². The van der Waals surface area contributed by atoms with E-state index in [0.717, 1.165) is 0 Å². The molecule has 19 heavy (non-hydrogen) atoms. The number of fused-ring (bicyclic) bond motifs is 1. The summed E-state index contributed by atoms with van der Waals surface area (Å²) >= 11 is 0. The van der Waals surface area contributed by atoms with Gasteiger partial charge in [0.15, 0.2) is 11.5 Å². The molecule has 0 spiro atoms. The van der Waals surface area contributed by atoms with Crippen LogP contribution in [0.4, 0.5) is 5.69 Å². The highest BCUT2D eigenvalue weighted by Gasteiger charge is 2.34. The first-order chi connectivity index (χ1) is 9.06. The maximum absolute atomic E-state index is 12.3. The highest BCUT2D eigenvalue weighted by Crippen LogP contribution is 2.36. The molecule has 1 amide bonds. The number of nitrogens with zero attached hydrogens (tertiary/aromatic N) is 1. The van der Waals surface area contributed by atoms with E-state index in [1.54, 1.807) is 6.07 Å². The third-order valence-electron chi connectivity index (χ3n) is 3.32. The molecule has 7 nitrogen and oxygen atoms in total. The van der Waals surface area contributed by atoms with Crippen LogP contribution in [0.5, 0.6) is 11.5 Å². The smallest absolute Gasteiger partial charge is 0.256 e. The third kappa shape index (κ3) is 1.96. The molecule has 2 heterocycles. The molecular formula is C12H14N2O5. The molecule has 2 aliphatic rings. The number of amides is 1. The highest BCUT2D eigenvalue weighted by atomic mass is 16.7. The van der Waals surface area contributed by atoms with E-state index in [4.69, 9.17) is 15.2 Å². The molecule has 1 aromatic rings. The molecule has 1 saturated heterocycles. The van der Waals surface area contributed by atoms with Crippen molar-refractivity contribution in [2.24, 2.45) is 0 Å². The molecule has 1 fully saturated rings. The zero-order valence-electron chi connectivity index (χ0n) is 10.1. The second-order valence-corrected chi connectivity index (χ2v) is 4.64. The van der Waals surface area contributed by atoms with Crippen LogP contribution in [-0.2, 0) is 0 Å². The number of hydrogen-bond acceptors (Lipinski definition) is 6. The number of β-amino-alcohol motifs (C(OH)–C–C–N with tert-alkyl or cyclic N) is 2. The minimum Gasteiger partial charge on any atom is -0.454 e. The number of nitrogens with two attached hydrogens (primary N) is 1. The maximum atomic E-state index is 12.3. The first kappa shape index (κ1) is 12.1. The fourth-order valence-corrected chi connectivity index (χ4v) is 2.25. The number of ether oxygens (including phenoxy) is 2. The number of rotatable bonds is 1. The van der Waals surface area contributed by atoms with E-state index in [9.17, 15) is 15.0 Å². The summed E-state index contributed by atoms with van der Waals surface area (Å²) in [5, 5.41) is 18.9. The molecule has 1 aromatic carbocycles. The van der Waals surface area contributed by atoms with Crippen LogP contribution in [0.2, 0.25) is 0 Å². The zero-order chi connectivity index (χ0) is 13.6. The van der Waals surface area contributed by atoms with Gasteiger partial charge >= 0.3 is 0 Å². The normalized spacial score (nSPS) is 24.8. The molecule has 0 radical (unpaired) electrons. The number of nitrogen functional groups attached to an aromatic ring is 1. The van der Waals surface area contributed by atoms with Gasteiger partial charge < -0.3 is 30.3 Å². The summed E-state index contributed by atoms with van der Waals surface area (Å²) in [6, 6.07) is 3.07. The molecule has 102 valence electrons. The van der Waals surface area contributed by atoms with Crippen molar-refractivity contribution in [2.75, 3.05) is 25.6 Å². The van der Waals surface area contributed by atoms with Crippen LogP contribution < -0.4 is 15.2 Å². The minimum atomic E-state index is -0.917. The Morgan fingerprint density at radius 3 is 2.42 bits per heavy atom. The molecule has 0 aromatic heterocycles. The average molecular weight is 266 g/mol. The molecule has 2 unspecified atom stereocenters. The lowest BCUT2D eigenvalue weighted by Crippen LogP contribution is -2.30. The maximum Gasteiger partial charge on any atom is 0.256 e. The van der Waals surface area contributed by atoms with E-state index in [2.05, 4.69) is 0 Å². The number of anilines is 1. The summed E-state index contributed by atoms with van der Waals surface area (Å²) in [5.74, 6) is 0.639. The van der Waals surface area contributed by atoms with Crippen molar-refractivity contribution >= 4 is 11.6 Å². The van der Waals surface area contributed by atoms with E-state index in [1.807, 2.05) is 0 Å². The lowest BCUT2D eigenvalue weighted by molar-refractivity contribution is 0.0572. The summed E-state index contributed by atoms with van der Waals surface area (Å²) in [5.41, 5.74) is 6.39. The van der Waals surface area contributed by atoms with Crippen LogP contribution in [0.3, 0.4) is 0 Å². The number of aliphatic hydroxyl groups is 2. The molecular weight excluding hydrogens is 252 g/mol. The molecule has 2 aliphatic heterocycles. The standard InChI is InChI=1S/C12H14N2O5/c13-7-2-11-10(18-5-19-11)1-6(7)12(17)14-3-8(15)9(16)4-14/h1-2,8-9,15-16H,3-5,13H2. The monoisotopic (exact) mass is 266 g/mol. The first-order valence-corrected chi connectivity index (χ1v) is 5.91. The lowest BCUT2D eigenvalue weighted by atomic mass is 10.1. The van der Waals surface area contributed by atoms with Crippen LogP contribution in [-0.4, -0.2) is 53.1 Å². The Balaban J connectivity index is 1.88. The number of aliphatic hydroxyl groups excluding tert-OH is 2. The Bertz CT molecular complexity index is 523. The number of hydrogen-bond donors (Lipinski definition) is 3. The Morgan fingerprint density at radius 1 is 1.21 bits per heavy atom. The Labute approximate surface area is 109 Å². The number of likely N-dealkylation sites (tertiary alicyclic amines) is 1. The molecule has 3 rings (SSSR count). The fourth-order valence-electron chi connectivity index (χ4n) is 2.25. The summed E-state index contributed by atoms with van der Waals surface area (Å²) < 4.78 is 10.4. The molecule has 4 N–H and O–H groups in total. The van der Waals surface area contributed by atoms with E-state index in [0.29, 0.717) is 11.5 Å². The van der Waals surface area contributed by atoms with E-state index >= 15 is 0 Å². The van der Waals surface area contributed by atoms with Crippen LogP contribution in [0.1, 0.15) is 10.4 Å². The molecule has 0 bridgehead atoms. The first-order valence-electron chi connectivity index (χ1n) is 5.91. The van der Waals surface area contributed by atoms with Gasteiger partial charge in [0.1, 0.15) is 0 Å². The largest absolute Gasteiger partial charge is 0.454 e. The van der Waals surface area contributed by atoms with Crippen LogP contribution in [0.25, 0.3) is 0 Å². The van der Waals surface area contributed by atoms with Gasteiger partial charge in [-0.3, -0.25) is 4.79 Å². The summed E-state index contributed by atoms with van der Waals surface area (Å²) in [6.07, 6.45) is -1.83. The predicted molar refractivity (Wildman–Crippen MR) is 64.9 cm³/mol. The molecule has 0 saturated carbocycles. The Hall–Kier alpha value is -1.99. The van der Waals surface area contributed by atoms with Gasteiger partial charge in [-0.15, -0.1) is 0 Å². The van der Waals surface area contributed by atoms with Crippen LogP contribution in [0, 0.1) is 0 Å². The second kappa shape index (κ2) is 4.29. The van der Waals surface area contributed by atoms with Crippen molar-refractivity contribution in [3.63, 3.8) is 0 Å². The van der Waals surface area contributed by atoms with Gasteiger partial charge in [-0.05, 0) is 6.07 Å². The summed E-state index contributed by atoms with van der Waals surface area (Å²) in [7, 11) is 0. The highest BCUT2D eigenvalue weighted by molar-refractivity contribution is 6.00. The number of benzene rings is 1. The van der Waals surface area contributed by atoms with Gasteiger partial charge in [-0.1, -0.05) is 0 Å². The zero-order valence-corrected chi connectivity index (χ0v) is 10.1. The number of carbonyl (C=O) groups is 1. The van der Waals surface area contributed by atoms with E-state index in [-0.39, 0.29) is 37.0 Å². The quantitative estimate of drug-likeness (QED) is 0.573. The van der Waals surface area contributed by atoms with Gasteiger partial charge in [-0.2, -0.15) is 0 Å². The third-order valence-corrected chi connectivity index (χ3v) is 3.32. The molecule has 2 atom stereocenters. The van der Waals surface area contributed by atoms with Gasteiger partial charge in [0, 0.05) is 24.8 Å². The van der Waals surface area contributed by atoms with Gasteiger partial charge in [0.05, 0.1) is 17.8 Å². The van der Waals surface area contributed by atoms with E-state index in [1.165, 1.54) is 11.0 Å². The van der Waals surface area contributed by atoms with Crippen LogP contribution in [0.15, 0.2) is 12.1 Å². The van der Waals surface area contributed by atoms with Gasteiger partial charge in [-0.25, -0.2) is 0 Å². The molecule has 7 heteroatoms. The van der Waals surface area contributed by atoms with Crippen molar-refractivity contribution < 1.29 is 24.5 Å².